The highest BCUT2D eigenvalue weighted by atomic mass is 35.5. The average molecular weight is 385 g/mol. The van der Waals surface area contributed by atoms with Crippen LogP contribution >= 0.6 is 24.8 Å². The largest absolute Gasteiger partial charge is 0.366 e. The summed E-state index contributed by atoms with van der Waals surface area (Å²) in [5.74, 6) is -0.578. The fourth-order valence-corrected chi connectivity index (χ4v) is 3.18. The van der Waals surface area contributed by atoms with Crippen LogP contribution in [0.1, 0.15) is 10.4 Å². The molecule has 1 amide bonds. The Morgan fingerprint density at radius 3 is 2.26 bits per heavy atom. The molecular formula is C13H22Cl2N4O3S. The molecule has 1 saturated heterocycles. The second-order valence-corrected chi connectivity index (χ2v) is 6.64. The van der Waals surface area contributed by atoms with Gasteiger partial charge in [0.25, 0.3) is 0 Å². The number of nitrogens with one attached hydrogen (secondary N) is 2. The maximum absolute atomic E-state index is 12.1. The first-order valence-electron chi connectivity index (χ1n) is 6.82. The van der Waals surface area contributed by atoms with Crippen molar-refractivity contribution in [3.63, 3.8) is 0 Å². The van der Waals surface area contributed by atoms with Crippen molar-refractivity contribution < 1.29 is 13.2 Å². The lowest BCUT2D eigenvalue weighted by molar-refractivity contribution is 0.1000. The van der Waals surface area contributed by atoms with E-state index >= 15 is 0 Å². The van der Waals surface area contributed by atoms with E-state index in [1.54, 1.807) is 0 Å². The summed E-state index contributed by atoms with van der Waals surface area (Å²) in [7, 11) is -3.55. The number of halogens is 2. The van der Waals surface area contributed by atoms with E-state index in [-0.39, 0.29) is 35.3 Å². The van der Waals surface area contributed by atoms with E-state index in [1.165, 1.54) is 24.3 Å². The molecule has 1 aliphatic rings. The zero-order valence-corrected chi connectivity index (χ0v) is 15.0. The lowest BCUT2D eigenvalue weighted by Gasteiger charge is -2.27. The van der Waals surface area contributed by atoms with Gasteiger partial charge in [-0.1, -0.05) is 0 Å². The van der Waals surface area contributed by atoms with E-state index in [4.69, 9.17) is 5.73 Å². The van der Waals surface area contributed by atoms with E-state index in [0.717, 1.165) is 26.2 Å². The Kier molecular flexibility index (Phi) is 9.67. The third-order valence-corrected chi connectivity index (χ3v) is 4.86. The Hall–Kier alpha value is -0.900. The van der Waals surface area contributed by atoms with Crippen LogP contribution in [0.4, 0.5) is 0 Å². The van der Waals surface area contributed by atoms with Crippen LogP contribution in [0.3, 0.4) is 0 Å². The molecule has 1 heterocycles. The number of benzene rings is 1. The molecule has 0 unspecified atom stereocenters. The fraction of sp³-hybridized carbons (Fsp3) is 0.462. The van der Waals surface area contributed by atoms with Crippen LogP contribution in [0.25, 0.3) is 0 Å². The molecule has 2 rings (SSSR count). The van der Waals surface area contributed by atoms with Gasteiger partial charge in [-0.05, 0) is 24.3 Å². The normalized spacial score (nSPS) is 15.3. The number of hydrogen-bond donors (Lipinski definition) is 3. The number of nitrogens with two attached hydrogens (primary N) is 1. The third kappa shape index (κ3) is 6.62. The van der Waals surface area contributed by atoms with Gasteiger partial charge in [0.2, 0.25) is 15.9 Å². The van der Waals surface area contributed by atoms with Crippen LogP contribution in [0.5, 0.6) is 0 Å². The molecule has 0 spiro atoms. The molecule has 132 valence electrons. The number of primary amides is 1. The quantitative estimate of drug-likeness (QED) is 0.630. The van der Waals surface area contributed by atoms with Gasteiger partial charge in [-0.15, -0.1) is 24.8 Å². The van der Waals surface area contributed by atoms with Crippen molar-refractivity contribution in [1.29, 1.82) is 0 Å². The first-order valence-corrected chi connectivity index (χ1v) is 8.30. The number of amides is 1. The molecule has 0 saturated carbocycles. The van der Waals surface area contributed by atoms with Gasteiger partial charge in [-0.3, -0.25) is 9.69 Å². The van der Waals surface area contributed by atoms with Gasteiger partial charge < -0.3 is 11.1 Å². The predicted octanol–water partition coefficient (Wildman–Crippen LogP) is -0.187. The van der Waals surface area contributed by atoms with Gasteiger partial charge >= 0.3 is 0 Å². The molecule has 0 aliphatic carbocycles. The van der Waals surface area contributed by atoms with Crippen LogP contribution in [-0.4, -0.2) is 58.5 Å². The van der Waals surface area contributed by atoms with Crippen molar-refractivity contribution in [1.82, 2.24) is 14.9 Å². The number of hydrogen-bond acceptors (Lipinski definition) is 5. The topological polar surface area (TPSA) is 105 Å². The molecule has 0 atom stereocenters. The van der Waals surface area contributed by atoms with Crippen LogP contribution in [-0.2, 0) is 10.0 Å². The van der Waals surface area contributed by atoms with Crippen molar-refractivity contribution in [3.05, 3.63) is 29.8 Å². The van der Waals surface area contributed by atoms with Gasteiger partial charge in [0.1, 0.15) is 0 Å². The smallest absolute Gasteiger partial charge is 0.248 e. The van der Waals surface area contributed by atoms with E-state index in [1.807, 2.05) is 0 Å². The Morgan fingerprint density at radius 2 is 1.74 bits per heavy atom. The molecular weight excluding hydrogens is 363 g/mol. The fourth-order valence-electron chi connectivity index (χ4n) is 2.15. The summed E-state index contributed by atoms with van der Waals surface area (Å²) in [6.45, 7) is 4.76. The first-order chi connectivity index (χ1) is 9.99. The van der Waals surface area contributed by atoms with Gasteiger partial charge in [-0.25, -0.2) is 13.1 Å². The first kappa shape index (κ1) is 22.1. The molecule has 4 N–H and O–H groups in total. The number of piperazine rings is 1. The zero-order chi connectivity index (χ0) is 15.3. The van der Waals surface area contributed by atoms with Crippen molar-refractivity contribution in [2.24, 2.45) is 5.73 Å². The SMILES string of the molecule is Cl.Cl.NC(=O)c1ccc(S(=O)(=O)NCCN2CCNCC2)cc1. The minimum absolute atomic E-state index is 0. The number of carbonyl (C=O) groups excluding carboxylic acids is 1. The van der Waals surface area contributed by atoms with E-state index in [0.29, 0.717) is 13.1 Å². The second kappa shape index (κ2) is 10.1. The Bertz CT molecular complexity index is 590. The highest BCUT2D eigenvalue weighted by Gasteiger charge is 2.15. The Balaban J connectivity index is 0.00000242. The van der Waals surface area contributed by atoms with Crippen LogP contribution in [0.15, 0.2) is 29.2 Å². The Labute approximate surface area is 148 Å². The summed E-state index contributed by atoms with van der Waals surface area (Å²) in [5, 5.41) is 3.24. The lowest BCUT2D eigenvalue weighted by atomic mass is 10.2. The van der Waals surface area contributed by atoms with Gasteiger partial charge in [0, 0.05) is 44.8 Å². The van der Waals surface area contributed by atoms with Gasteiger partial charge in [0.05, 0.1) is 4.90 Å². The summed E-state index contributed by atoms with van der Waals surface area (Å²) in [5.41, 5.74) is 5.41. The maximum atomic E-state index is 12.1. The van der Waals surface area contributed by atoms with Crippen LogP contribution in [0.2, 0.25) is 0 Å². The summed E-state index contributed by atoms with van der Waals surface area (Å²) in [4.78, 5) is 13.3. The number of carbonyl (C=O) groups is 1. The van der Waals surface area contributed by atoms with Crippen LogP contribution in [0, 0.1) is 0 Å². The predicted molar refractivity (Wildman–Crippen MR) is 94.0 cm³/mol. The molecule has 1 aromatic carbocycles. The molecule has 0 radical (unpaired) electrons. The van der Waals surface area contributed by atoms with Crippen molar-refractivity contribution >= 4 is 40.7 Å². The van der Waals surface area contributed by atoms with Crippen molar-refractivity contribution in [2.45, 2.75) is 4.90 Å². The molecule has 1 aromatic rings. The summed E-state index contributed by atoms with van der Waals surface area (Å²) < 4.78 is 26.8. The number of sulfonamides is 1. The van der Waals surface area contributed by atoms with Crippen LogP contribution < -0.4 is 15.8 Å². The highest BCUT2D eigenvalue weighted by Crippen LogP contribution is 2.10. The Morgan fingerprint density at radius 1 is 1.17 bits per heavy atom. The molecule has 1 fully saturated rings. The molecule has 0 bridgehead atoms. The second-order valence-electron chi connectivity index (χ2n) is 4.88. The molecule has 1 aliphatic heterocycles. The van der Waals surface area contributed by atoms with E-state index in [2.05, 4.69) is 14.9 Å². The van der Waals surface area contributed by atoms with E-state index in [9.17, 15) is 13.2 Å². The molecule has 0 aromatic heterocycles. The third-order valence-electron chi connectivity index (χ3n) is 3.38. The van der Waals surface area contributed by atoms with Gasteiger partial charge in [-0.2, -0.15) is 0 Å². The standard InChI is InChI=1S/C13H20N4O3S.2ClH/c14-13(18)11-1-3-12(4-2-11)21(19,20)16-7-10-17-8-5-15-6-9-17;;/h1-4,15-16H,5-10H2,(H2,14,18);2*1H. The van der Waals surface area contributed by atoms with Gasteiger partial charge in [0.15, 0.2) is 0 Å². The summed E-state index contributed by atoms with van der Waals surface area (Å²) >= 11 is 0. The maximum Gasteiger partial charge on any atom is 0.248 e. The van der Waals surface area contributed by atoms with E-state index < -0.39 is 15.9 Å². The van der Waals surface area contributed by atoms with Crippen molar-refractivity contribution in [2.75, 3.05) is 39.3 Å². The van der Waals surface area contributed by atoms with Crippen molar-refractivity contribution in [3.8, 4) is 0 Å². The monoisotopic (exact) mass is 384 g/mol. The summed E-state index contributed by atoms with van der Waals surface area (Å²) in [6, 6.07) is 5.58. The highest BCUT2D eigenvalue weighted by molar-refractivity contribution is 7.89. The number of nitrogens with zero attached hydrogens (tertiary/aromatic N) is 1. The average Bonchev–Trinajstić information content (AvgIpc) is 2.48. The molecule has 23 heavy (non-hydrogen) atoms. The number of rotatable bonds is 6. The lowest BCUT2D eigenvalue weighted by Crippen LogP contribution is -2.46. The summed E-state index contributed by atoms with van der Waals surface area (Å²) in [6.07, 6.45) is 0. The molecule has 7 nitrogen and oxygen atoms in total. The zero-order valence-electron chi connectivity index (χ0n) is 12.5. The minimum Gasteiger partial charge on any atom is -0.366 e. The molecule has 10 heteroatoms. The minimum atomic E-state index is -3.55.